The summed E-state index contributed by atoms with van der Waals surface area (Å²) in [5.74, 6) is 0. The fraction of sp³-hybridized carbons (Fsp3) is 0.769. The first-order valence-corrected chi connectivity index (χ1v) is 7.53. The first kappa shape index (κ1) is 12.8. The minimum Gasteiger partial charge on any atom is -0.345 e. The Morgan fingerprint density at radius 2 is 2.29 bits per heavy atom. The van der Waals surface area contributed by atoms with Crippen LogP contribution in [0.5, 0.6) is 0 Å². The molecule has 0 spiro atoms. The molecular formula is C13H23N3S. The first-order valence-electron chi connectivity index (χ1n) is 6.71. The zero-order valence-electron chi connectivity index (χ0n) is 10.9. The number of hydrogen-bond donors (Lipinski definition) is 1. The molecule has 1 fully saturated rings. The molecule has 1 atom stereocenters. The van der Waals surface area contributed by atoms with Gasteiger partial charge in [-0.25, -0.2) is 4.98 Å². The lowest BCUT2D eigenvalue weighted by molar-refractivity contribution is 0.484. The van der Waals surface area contributed by atoms with Crippen molar-refractivity contribution in [1.29, 1.82) is 0 Å². The Morgan fingerprint density at radius 3 is 2.94 bits per heavy atom. The molecule has 2 rings (SSSR count). The van der Waals surface area contributed by atoms with E-state index in [9.17, 15) is 0 Å². The molecule has 1 aliphatic rings. The van der Waals surface area contributed by atoms with Gasteiger partial charge < -0.3 is 10.6 Å². The van der Waals surface area contributed by atoms with Crippen LogP contribution in [-0.2, 0) is 13.0 Å². The molecule has 0 saturated carbocycles. The number of nitrogens with two attached hydrogens (primary N) is 1. The van der Waals surface area contributed by atoms with Gasteiger partial charge in [0.05, 0.1) is 5.69 Å². The summed E-state index contributed by atoms with van der Waals surface area (Å²) in [5, 5.41) is 1.20. The monoisotopic (exact) mass is 253 g/mol. The number of piperidine rings is 1. The molecular weight excluding hydrogens is 230 g/mol. The van der Waals surface area contributed by atoms with Crippen LogP contribution in [0.3, 0.4) is 0 Å². The van der Waals surface area contributed by atoms with Gasteiger partial charge in [0.15, 0.2) is 5.13 Å². The molecule has 3 nitrogen and oxygen atoms in total. The number of thiazole rings is 1. The minimum absolute atomic E-state index is 0.634. The molecule has 1 aromatic rings. The topological polar surface area (TPSA) is 42.2 Å². The molecule has 17 heavy (non-hydrogen) atoms. The van der Waals surface area contributed by atoms with E-state index in [2.05, 4.69) is 18.7 Å². The van der Waals surface area contributed by atoms with Gasteiger partial charge in [-0.15, -0.1) is 11.3 Å². The Bertz CT molecular complexity index is 362. The van der Waals surface area contributed by atoms with Gasteiger partial charge in [-0.1, -0.05) is 13.3 Å². The third kappa shape index (κ3) is 2.80. The van der Waals surface area contributed by atoms with Crippen LogP contribution in [0.1, 0.15) is 50.1 Å². The Balaban J connectivity index is 2.19. The summed E-state index contributed by atoms with van der Waals surface area (Å²) in [5.41, 5.74) is 7.04. The van der Waals surface area contributed by atoms with Gasteiger partial charge >= 0.3 is 0 Å². The Kier molecular flexibility index (Phi) is 4.40. The lowest BCUT2D eigenvalue weighted by atomic mass is 10.0. The van der Waals surface area contributed by atoms with Gasteiger partial charge in [0, 0.05) is 24.0 Å². The Morgan fingerprint density at radius 1 is 1.47 bits per heavy atom. The van der Waals surface area contributed by atoms with Crippen LogP contribution in [0, 0.1) is 0 Å². The van der Waals surface area contributed by atoms with Gasteiger partial charge in [0.1, 0.15) is 0 Å². The van der Waals surface area contributed by atoms with Crippen molar-refractivity contribution >= 4 is 16.5 Å². The van der Waals surface area contributed by atoms with E-state index < -0.39 is 0 Å². The van der Waals surface area contributed by atoms with Crippen molar-refractivity contribution in [3.63, 3.8) is 0 Å². The zero-order valence-corrected chi connectivity index (χ0v) is 11.7. The summed E-state index contributed by atoms with van der Waals surface area (Å²) < 4.78 is 0. The van der Waals surface area contributed by atoms with Gasteiger partial charge in [-0.2, -0.15) is 0 Å². The van der Waals surface area contributed by atoms with E-state index in [-0.39, 0.29) is 0 Å². The maximum atomic E-state index is 5.81. The zero-order chi connectivity index (χ0) is 12.3. The molecule has 1 aromatic heterocycles. The maximum Gasteiger partial charge on any atom is 0.186 e. The lowest BCUT2D eigenvalue weighted by Gasteiger charge is -2.33. The molecule has 4 heteroatoms. The third-order valence-corrected chi connectivity index (χ3v) is 4.64. The van der Waals surface area contributed by atoms with E-state index in [4.69, 9.17) is 10.7 Å². The first-order chi connectivity index (χ1) is 8.26. The van der Waals surface area contributed by atoms with E-state index in [1.165, 1.54) is 35.0 Å². The average Bonchev–Trinajstić information content (AvgIpc) is 2.73. The second-order valence-electron chi connectivity index (χ2n) is 4.86. The van der Waals surface area contributed by atoms with E-state index in [1.807, 2.05) is 0 Å². The van der Waals surface area contributed by atoms with E-state index in [0.29, 0.717) is 12.6 Å². The summed E-state index contributed by atoms with van der Waals surface area (Å²) >= 11 is 1.80. The highest BCUT2D eigenvalue weighted by atomic mass is 32.1. The van der Waals surface area contributed by atoms with Gasteiger partial charge in [0.2, 0.25) is 0 Å². The summed E-state index contributed by atoms with van der Waals surface area (Å²) in [6.07, 6.45) is 6.15. The van der Waals surface area contributed by atoms with Gasteiger partial charge in [-0.05, 0) is 32.6 Å². The van der Waals surface area contributed by atoms with Crippen LogP contribution in [0.2, 0.25) is 0 Å². The predicted octanol–water partition coefficient (Wildman–Crippen LogP) is 2.93. The minimum atomic E-state index is 0.634. The molecule has 2 heterocycles. The highest BCUT2D eigenvalue weighted by molar-refractivity contribution is 7.15. The van der Waals surface area contributed by atoms with Crippen LogP contribution >= 0.6 is 11.3 Å². The van der Waals surface area contributed by atoms with Crippen molar-refractivity contribution in [2.45, 2.75) is 58.5 Å². The van der Waals surface area contributed by atoms with Crippen LogP contribution in [-0.4, -0.2) is 17.6 Å². The molecule has 0 aliphatic carbocycles. The number of anilines is 1. The highest BCUT2D eigenvalue weighted by Crippen LogP contribution is 2.31. The van der Waals surface area contributed by atoms with E-state index in [0.717, 1.165) is 19.4 Å². The van der Waals surface area contributed by atoms with Crippen molar-refractivity contribution < 1.29 is 0 Å². The van der Waals surface area contributed by atoms with Crippen molar-refractivity contribution in [3.05, 3.63) is 10.6 Å². The fourth-order valence-electron chi connectivity index (χ4n) is 2.47. The molecule has 0 amide bonds. The van der Waals surface area contributed by atoms with Crippen molar-refractivity contribution in [2.24, 2.45) is 5.73 Å². The second-order valence-corrected chi connectivity index (χ2v) is 5.92. The number of nitrogens with zero attached hydrogens (tertiary/aromatic N) is 2. The summed E-state index contributed by atoms with van der Waals surface area (Å²) in [4.78, 5) is 8.55. The van der Waals surface area contributed by atoms with Crippen LogP contribution < -0.4 is 10.6 Å². The predicted molar refractivity (Wildman–Crippen MR) is 74.7 cm³/mol. The Hall–Kier alpha value is -0.610. The smallest absolute Gasteiger partial charge is 0.186 e. The highest BCUT2D eigenvalue weighted by Gasteiger charge is 2.22. The quantitative estimate of drug-likeness (QED) is 0.897. The molecule has 0 aromatic carbocycles. The number of rotatable bonds is 4. The number of aromatic nitrogens is 1. The van der Waals surface area contributed by atoms with E-state index >= 15 is 0 Å². The second kappa shape index (κ2) is 5.83. The van der Waals surface area contributed by atoms with Crippen LogP contribution in [0.15, 0.2) is 0 Å². The molecule has 0 radical (unpaired) electrons. The largest absolute Gasteiger partial charge is 0.345 e. The summed E-state index contributed by atoms with van der Waals surface area (Å²) in [6.45, 7) is 6.30. The third-order valence-electron chi connectivity index (χ3n) is 3.49. The molecule has 1 aliphatic heterocycles. The standard InChI is InChI=1S/C13H23N3S/c1-3-6-11-12(9-14)17-13(15-11)16-8-5-4-7-10(16)2/h10H,3-9,14H2,1-2H3. The molecule has 1 saturated heterocycles. The van der Waals surface area contributed by atoms with Crippen molar-refractivity contribution in [2.75, 3.05) is 11.4 Å². The molecule has 0 bridgehead atoms. The molecule has 1 unspecified atom stereocenters. The number of aryl methyl sites for hydroxylation is 1. The van der Waals surface area contributed by atoms with Crippen molar-refractivity contribution in [1.82, 2.24) is 4.98 Å². The summed E-state index contributed by atoms with van der Waals surface area (Å²) in [7, 11) is 0. The van der Waals surface area contributed by atoms with Gasteiger partial charge in [-0.3, -0.25) is 0 Å². The lowest BCUT2D eigenvalue weighted by Crippen LogP contribution is -2.37. The van der Waals surface area contributed by atoms with Crippen LogP contribution in [0.25, 0.3) is 0 Å². The van der Waals surface area contributed by atoms with Crippen molar-refractivity contribution in [3.8, 4) is 0 Å². The van der Waals surface area contributed by atoms with Crippen LogP contribution in [0.4, 0.5) is 5.13 Å². The summed E-state index contributed by atoms with van der Waals surface area (Å²) in [6, 6.07) is 0.634. The average molecular weight is 253 g/mol. The Labute approximate surface area is 108 Å². The molecule has 96 valence electrons. The molecule has 2 N–H and O–H groups in total. The SMILES string of the molecule is CCCc1nc(N2CCCCC2C)sc1CN. The van der Waals surface area contributed by atoms with E-state index in [1.54, 1.807) is 11.3 Å². The normalized spacial score (nSPS) is 20.9. The maximum absolute atomic E-state index is 5.81. The van der Waals surface area contributed by atoms with Gasteiger partial charge in [0.25, 0.3) is 0 Å². The number of hydrogen-bond acceptors (Lipinski definition) is 4. The fourth-order valence-corrected chi connectivity index (χ4v) is 3.58.